The standard InChI is InChI=1S/C17H20N4O2/c1-12(22)14-4-3-9-21(11-14)17-19-16(10-18-20-17)13-5-7-15(23-2)8-6-13/h5-8,10,14H,3-4,9,11H2,1-2H3/t14-/m1/s1. The molecule has 6 nitrogen and oxygen atoms in total. The first-order chi connectivity index (χ1) is 11.2. The maximum Gasteiger partial charge on any atom is 0.245 e. The highest BCUT2D eigenvalue weighted by atomic mass is 16.5. The molecule has 1 saturated heterocycles. The van der Waals surface area contributed by atoms with Crippen molar-refractivity contribution in [1.82, 2.24) is 15.2 Å². The Morgan fingerprint density at radius 1 is 1.30 bits per heavy atom. The molecule has 0 amide bonds. The normalized spacial score (nSPS) is 17.8. The first-order valence-electron chi connectivity index (χ1n) is 7.77. The summed E-state index contributed by atoms with van der Waals surface area (Å²) >= 11 is 0. The van der Waals surface area contributed by atoms with Crippen molar-refractivity contribution in [3.8, 4) is 17.0 Å². The number of ketones is 1. The predicted octanol–water partition coefficient (Wildman–Crippen LogP) is 2.35. The van der Waals surface area contributed by atoms with E-state index in [-0.39, 0.29) is 11.7 Å². The summed E-state index contributed by atoms with van der Waals surface area (Å²) in [6.07, 6.45) is 3.56. The third-order valence-electron chi connectivity index (χ3n) is 4.21. The van der Waals surface area contributed by atoms with Crippen LogP contribution >= 0.6 is 0 Å². The van der Waals surface area contributed by atoms with E-state index in [0.29, 0.717) is 12.5 Å². The fourth-order valence-electron chi connectivity index (χ4n) is 2.82. The summed E-state index contributed by atoms with van der Waals surface area (Å²) in [5.74, 6) is 1.69. The Kier molecular flexibility index (Phi) is 4.50. The highest BCUT2D eigenvalue weighted by molar-refractivity contribution is 5.79. The van der Waals surface area contributed by atoms with E-state index >= 15 is 0 Å². The lowest BCUT2D eigenvalue weighted by atomic mass is 9.95. The summed E-state index contributed by atoms with van der Waals surface area (Å²) in [6, 6.07) is 7.68. The monoisotopic (exact) mass is 312 g/mol. The van der Waals surface area contributed by atoms with E-state index in [2.05, 4.69) is 20.1 Å². The Bertz CT molecular complexity index is 687. The average molecular weight is 312 g/mol. The van der Waals surface area contributed by atoms with Crippen molar-refractivity contribution in [1.29, 1.82) is 0 Å². The number of aromatic nitrogens is 3. The highest BCUT2D eigenvalue weighted by Crippen LogP contribution is 2.24. The number of methoxy groups -OCH3 is 1. The maximum absolute atomic E-state index is 11.6. The molecule has 1 atom stereocenters. The number of anilines is 1. The molecule has 1 fully saturated rings. The van der Waals surface area contributed by atoms with E-state index in [9.17, 15) is 4.79 Å². The molecule has 1 aromatic heterocycles. The fraction of sp³-hybridized carbons (Fsp3) is 0.412. The molecule has 0 spiro atoms. The van der Waals surface area contributed by atoms with Gasteiger partial charge in [-0.2, -0.15) is 5.10 Å². The Morgan fingerprint density at radius 2 is 2.09 bits per heavy atom. The Morgan fingerprint density at radius 3 is 2.78 bits per heavy atom. The van der Waals surface area contributed by atoms with E-state index in [4.69, 9.17) is 4.74 Å². The smallest absolute Gasteiger partial charge is 0.245 e. The van der Waals surface area contributed by atoms with Gasteiger partial charge in [0.05, 0.1) is 19.0 Å². The number of carbonyl (C=O) groups excluding carboxylic acids is 1. The van der Waals surface area contributed by atoms with Crippen LogP contribution in [-0.2, 0) is 4.79 Å². The van der Waals surface area contributed by atoms with E-state index in [1.54, 1.807) is 20.2 Å². The van der Waals surface area contributed by atoms with E-state index in [1.165, 1.54) is 0 Å². The van der Waals surface area contributed by atoms with Crippen molar-refractivity contribution in [2.24, 2.45) is 5.92 Å². The molecule has 2 aromatic rings. The van der Waals surface area contributed by atoms with Gasteiger partial charge in [-0.1, -0.05) is 0 Å². The van der Waals surface area contributed by atoms with Crippen molar-refractivity contribution in [2.75, 3.05) is 25.1 Å². The van der Waals surface area contributed by atoms with Gasteiger partial charge in [-0.05, 0) is 44.0 Å². The van der Waals surface area contributed by atoms with E-state index < -0.39 is 0 Å². The number of hydrogen-bond donors (Lipinski definition) is 0. The minimum Gasteiger partial charge on any atom is -0.497 e. The summed E-state index contributed by atoms with van der Waals surface area (Å²) in [6.45, 7) is 3.18. The van der Waals surface area contributed by atoms with Crippen LogP contribution in [0, 0.1) is 5.92 Å². The number of Topliss-reactive ketones (excluding diaryl/α,β-unsaturated/α-hetero) is 1. The predicted molar refractivity (Wildman–Crippen MR) is 87.4 cm³/mol. The Hall–Kier alpha value is -2.50. The highest BCUT2D eigenvalue weighted by Gasteiger charge is 2.25. The van der Waals surface area contributed by atoms with Crippen LogP contribution in [-0.4, -0.2) is 41.2 Å². The molecular weight excluding hydrogens is 292 g/mol. The van der Waals surface area contributed by atoms with Gasteiger partial charge in [0.25, 0.3) is 0 Å². The molecule has 1 aliphatic heterocycles. The zero-order valence-electron chi connectivity index (χ0n) is 13.4. The molecule has 0 N–H and O–H groups in total. The Labute approximate surface area is 135 Å². The number of carbonyl (C=O) groups is 1. The van der Waals surface area contributed by atoms with E-state index in [1.807, 2.05) is 24.3 Å². The van der Waals surface area contributed by atoms with Crippen LogP contribution in [0.1, 0.15) is 19.8 Å². The SMILES string of the molecule is COc1ccc(-c2cnnc(N3CCC[C@@H](C(C)=O)C3)n2)cc1. The molecule has 0 aliphatic carbocycles. The molecule has 3 rings (SSSR count). The molecule has 0 bridgehead atoms. The summed E-state index contributed by atoms with van der Waals surface area (Å²) in [4.78, 5) is 18.3. The zero-order chi connectivity index (χ0) is 16.2. The number of benzene rings is 1. The average Bonchev–Trinajstić information content (AvgIpc) is 2.62. The lowest BCUT2D eigenvalue weighted by Gasteiger charge is -2.31. The number of piperidine rings is 1. The van der Waals surface area contributed by atoms with Gasteiger partial charge in [0.15, 0.2) is 0 Å². The van der Waals surface area contributed by atoms with Gasteiger partial charge in [0.1, 0.15) is 11.5 Å². The number of hydrogen-bond acceptors (Lipinski definition) is 6. The van der Waals surface area contributed by atoms with Crippen LogP contribution in [0.4, 0.5) is 5.95 Å². The summed E-state index contributed by atoms with van der Waals surface area (Å²) in [5, 5.41) is 8.22. The third-order valence-corrected chi connectivity index (χ3v) is 4.21. The summed E-state index contributed by atoms with van der Waals surface area (Å²) in [5.41, 5.74) is 1.73. The molecule has 0 unspecified atom stereocenters. The number of rotatable bonds is 4. The van der Waals surface area contributed by atoms with Crippen LogP contribution in [0.3, 0.4) is 0 Å². The van der Waals surface area contributed by atoms with Crippen molar-refractivity contribution >= 4 is 11.7 Å². The quantitative estimate of drug-likeness (QED) is 0.863. The minimum absolute atomic E-state index is 0.0667. The van der Waals surface area contributed by atoms with Crippen LogP contribution < -0.4 is 9.64 Å². The molecular formula is C17H20N4O2. The second kappa shape index (κ2) is 6.73. The first kappa shape index (κ1) is 15.4. The van der Waals surface area contributed by atoms with Crippen LogP contribution in [0.25, 0.3) is 11.3 Å². The largest absolute Gasteiger partial charge is 0.497 e. The number of nitrogens with zero attached hydrogens (tertiary/aromatic N) is 4. The van der Waals surface area contributed by atoms with Crippen LogP contribution in [0.5, 0.6) is 5.75 Å². The fourth-order valence-corrected chi connectivity index (χ4v) is 2.82. The van der Waals surface area contributed by atoms with Gasteiger partial charge in [0, 0.05) is 24.6 Å². The molecule has 2 heterocycles. The maximum atomic E-state index is 11.6. The number of ether oxygens (including phenoxy) is 1. The molecule has 6 heteroatoms. The second-order valence-corrected chi connectivity index (χ2v) is 5.77. The molecule has 1 aromatic carbocycles. The first-order valence-corrected chi connectivity index (χ1v) is 7.77. The molecule has 0 saturated carbocycles. The van der Waals surface area contributed by atoms with Gasteiger partial charge in [-0.25, -0.2) is 4.98 Å². The lowest BCUT2D eigenvalue weighted by Crippen LogP contribution is -2.39. The van der Waals surface area contributed by atoms with Crippen molar-refractivity contribution in [3.05, 3.63) is 30.5 Å². The van der Waals surface area contributed by atoms with Gasteiger partial charge in [-0.3, -0.25) is 4.79 Å². The van der Waals surface area contributed by atoms with Crippen molar-refractivity contribution in [2.45, 2.75) is 19.8 Å². The van der Waals surface area contributed by atoms with Crippen molar-refractivity contribution in [3.63, 3.8) is 0 Å². The van der Waals surface area contributed by atoms with E-state index in [0.717, 1.165) is 36.4 Å². The summed E-state index contributed by atoms with van der Waals surface area (Å²) < 4.78 is 5.17. The molecule has 120 valence electrons. The van der Waals surface area contributed by atoms with Gasteiger partial charge in [-0.15, -0.1) is 5.10 Å². The Balaban J connectivity index is 1.82. The second-order valence-electron chi connectivity index (χ2n) is 5.77. The van der Waals surface area contributed by atoms with Gasteiger partial charge >= 0.3 is 0 Å². The van der Waals surface area contributed by atoms with Crippen LogP contribution in [0.15, 0.2) is 30.5 Å². The minimum atomic E-state index is 0.0667. The third kappa shape index (κ3) is 3.47. The van der Waals surface area contributed by atoms with Crippen molar-refractivity contribution < 1.29 is 9.53 Å². The lowest BCUT2D eigenvalue weighted by molar-refractivity contribution is -0.120. The topological polar surface area (TPSA) is 68.2 Å². The molecule has 1 aliphatic rings. The molecule has 23 heavy (non-hydrogen) atoms. The van der Waals surface area contributed by atoms with Gasteiger partial charge < -0.3 is 9.64 Å². The zero-order valence-corrected chi connectivity index (χ0v) is 13.4. The van der Waals surface area contributed by atoms with Gasteiger partial charge in [0.2, 0.25) is 5.95 Å². The van der Waals surface area contributed by atoms with Crippen LogP contribution in [0.2, 0.25) is 0 Å². The summed E-state index contributed by atoms with van der Waals surface area (Å²) in [7, 11) is 1.64. The molecule has 0 radical (unpaired) electrons.